The molecule has 1 nitrogen and oxygen atoms in total. The fraction of sp³-hybridized carbons (Fsp3) is 0.400. The van der Waals surface area contributed by atoms with E-state index in [4.69, 9.17) is 0 Å². The number of hydrogen-bond donors (Lipinski definition) is 0. The third-order valence-corrected chi connectivity index (χ3v) is 1.01. The van der Waals surface area contributed by atoms with E-state index in [0.717, 1.165) is 5.56 Å². The summed E-state index contributed by atoms with van der Waals surface area (Å²) in [5, 5.41) is 0. The van der Waals surface area contributed by atoms with Crippen molar-refractivity contribution in [3.8, 4) is 0 Å². The third-order valence-electron chi connectivity index (χ3n) is 1.01. The van der Waals surface area contributed by atoms with Crippen molar-refractivity contribution in [1.82, 2.24) is 4.90 Å². The molecule has 0 N–H and O–H groups in total. The topological polar surface area (TPSA) is 3.24 Å². The maximum Gasteiger partial charge on any atom is 0.123 e. The molecule has 0 aromatic heterocycles. The Hall–Kier alpha value is -0.890. The van der Waals surface area contributed by atoms with Gasteiger partial charge in [-0.1, -0.05) is 17.7 Å². The molecular weight excluding hydrogens is 153 g/mol. The van der Waals surface area contributed by atoms with Gasteiger partial charge in [-0.05, 0) is 40.2 Å². The standard InChI is InChI=1S/C7H7F.C3H9N/c1-6-2-4-7(8)5-3-6;1-4(2)3/h2-5H,1H3;1-3H3. The lowest BCUT2D eigenvalue weighted by Crippen LogP contribution is -1.99. The van der Waals surface area contributed by atoms with E-state index in [1.165, 1.54) is 12.1 Å². The van der Waals surface area contributed by atoms with Gasteiger partial charge in [-0.2, -0.15) is 0 Å². The molecule has 0 amide bonds. The predicted octanol–water partition coefficient (Wildman–Crippen LogP) is 2.31. The number of hydrogen-bond acceptors (Lipinski definition) is 1. The van der Waals surface area contributed by atoms with Crippen molar-refractivity contribution >= 4 is 0 Å². The number of aryl methyl sites for hydroxylation is 1. The van der Waals surface area contributed by atoms with E-state index in [0.29, 0.717) is 0 Å². The first-order valence-electron chi connectivity index (χ1n) is 3.85. The van der Waals surface area contributed by atoms with E-state index in [9.17, 15) is 4.39 Å². The molecule has 1 rings (SSSR count). The van der Waals surface area contributed by atoms with Gasteiger partial charge in [0.2, 0.25) is 0 Å². The number of nitrogens with zero attached hydrogens (tertiary/aromatic N) is 1. The summed E-state index contributed by atoms with van der Waals surface area (Å²) in [6.45, 7) is 1.93. The van der Waals surface area contributed by atoms with Crippen LogP contribution in [0.2, 0.25) is 0 Å². The van der Waals surface area contributed by atoms with Crippen LogP contribution in [-0.2, 0) is 0 Å². The lowest BCUT2D eigenvalue weighted by molar-refractivity contribution is 0.505. The first-order valence-corrected chi connectivity index (χ1v) is 3.85. The molecule has 0 aliphatic carbocycles. The van der Waals surface area contributed by atoms with Gasteiger partial charge >= 0.3 is 0 Å². The zero-order valence-corrected chi connectivity index (χ0v) is 8.13. The predicted molar refractivity (Wildman–Crippen MR) is 50.7 cm³/mol. The summed E-state index contributed by atoms with van der Waals surface area (Å²) in [6, 6.07) is 6.40. The highest BCUT2D eigenvalue weighted by Crippen LogP contribution is 1.98. The van der Waals surface area contributed by atoms with Crippen LogP contribution in [0.15, 0.2) is 24.3 Å². The average Bonchev–Trinajstić information content (AvgIpc) is 1.94. The summed E-state index contributed by atoms with van der Waals surface area (Å²) in [6.07, 6.45) is 0. The van der Waals surface area contributed by atoms with E-state index in [-0.39, 0.29) is 5.82 Å². The zero-order valence-electron chi connectivity index (χ0n) is 8.13. The number of rotatable bonds is 0. The van der Waals surface area contributed by atoms with Gasteiger partial charge in [0.1, 0.15) is 5.82 Å². The van der Waals surface area contributed by atoms with Crippen LogP contribution in [0.1, 0.15) is 5.56 Å². The van der Waals surface area contributed by atoms with E-state index in [1.54, 1.807) is 12.1 Å². The number of benzene rings is 1. The van der Waals surface area contributed by atoms with E-state index in [1.807, 2.05) is 33.0 Å². The van der Waals surface area contributed by atoms with E-state index in [2.05, 4.69) is 0 Å². The molecule has 0 saturated heterocycles. The van der Waals surface area contributed by atoms with E-state index >= 15 is 0 Å². The van der Waals surface area contributed by atoms with Gasteiger partial charge in [0.05, 0.1) is 0 Å². The van der Waals surface area contributed by atoms with Crippen molar-refractivity contribution in [1.29, 1.82) is 0 Å². The molecule has 0 fully saturated rings. The normalized spacial score (nSPS) is 9.17. The van der Waals surface area contributed by atoms with Gasteiger partial charge < -0.3 is 4.90 Å². The Morgan fingerprint density at radius 1 is 1.00 bits per heavy atom. The highest BCUT2D eigenvalue weighted by atomic mass is 19.1. The lowest BCUT2D eigenvalue weighted by Gasteiger charge is -1.90. The summed E-state index contributed by atoms with van der Waals surface area (Å²) in [5.74, 6) is -0.171. The van der Waals surface area contributed by atoms with Crippen molar-refractivity contribution in [2.24, 2.45) is 0 Å². The quantitative estimate of drug-likeness (QED) is 0.576. The molecule has 0 unspecified atom stereocenters. The monoisotopic (exact) mass is 169 g/mol. The highest BCUT2D eigenvalue weighted by molar-refractivity contribution is 5.13. The molecule has 0 spiro atoms. The summed E-state index contributed by atoms with van der Waals surface area (Å²) < 4.78 is 12.1. The van der Waals surface area contributed by atoms with Crippen LogP contribution in [0.5, 0.6) is 0 Å². The van der Waals surface area contributed by atoms with E-state index < -0.39 is 0 Å². The minimum absolute atomic E-state index is 0.171. The molecule has 1 aromatic carbocycles. The lowest BCUT2D eigenvalue weighted by atomic mass is 10.2. The van der Waals surface area contributed by atoms with Crippen LogP contribution in [0.25, 0.3) is 0 Å². The fourth-order valence-electron chi connectivity index (χ4n) is 0.533. The van der Waals surface area contributed by atoms with Crippen LogP contribution >= 0.6 is 0 Å². The van der Waals surface area contributed by atoms with Crippen molar-refractivity contribution < 1.29 is 4.39 Å². The Labute approximate surface area is 73.8 Å². The second-order valence-corrected chi connectivity index (χ2v) is 3.14. The van der Waals surface area contributed by atoms with Crippen molar-refractivity contribution in [3.05, 3.63) is 35.6 Å². The SMILES string of the molecule is CN(C)C.Cc1ccc(F)cc1. The molecular formula is C10H16FN. The van der Waals surface area contributed by atoms with Crippen LogP contribution in [0.3, 0.4) is 0 Å². The van der Waals surface area contributed by atoms with Gasteiger partial charge in [0.15, 0.2) is 0 Å². The van der Waals surface area contributed by atoms with Crippen LogP contribution in [0, 0.1) is 12.7 Å². The van der Waals surface area contributed by atoms with Crippen LogP contribution in [-0.4, -0.2) is 26.0 Å². The summed E-state index contributed by atoms with van der Waals surface area (Å²) in [5.41, 5.74) is 1.09. The number of halogens is 1. The summed E-state index contributed by atoms with van der Waals surface area (Å²) in [7, 11) is 6.00. The Bertz CT molecular complexity index is 180. The Kier molecular flexibility index (Phi) is 5.30. The Morgan fingerprint density at radius 3 is 1.58 bits per heavy atom. The third kappa shape index (κ3) is 7.22. The molecule has 0 aliphatic rings. The largest absolute Gasteiger partial charge is 0.312 e. The summed E-state index contributed by atoms with van der Waals surface area (Å²) in [4.78, 5) is 2.00. The highest BCUT2D eigenvalue weighted by Gasteiger charge is 1.83. The average molecular weight is 169 g/mol. The zero-order chi connectivity index (χ0) is 9.56. The second-order valence-electron chi connectivity index (χ2n) is 3.14. The summed E-state index contributed by atoms with van der Waals surface area (Å²) >= 11 is 0. The maximum atomic E-state index is 12.1. The second kappa shape index (κ2) is 5.72. The van der Waals surface area contributed by atoms with Gasteiger partial charge in [0.25, 0.3) is 0 Å². The van der Waals surface area contributed by atoms with Gasteiger partial charge in [-0.3, -0.25) is 0 Å². The molecule has 0 radical (unpaired) electrons. The molecule has 1 aromatic rings. The van der Waals surface area contributed by atoms with Crippen molar-refractivity contribution in [3.63, 3.8) is 0 Å². The van der Waals surface area contributed by atoms with Gasteiger partial charge in [0, 0.05) is 0 Å². The van der Waals surface area contributed by atoms with Gasteiger partial charge in [-0.25, -0.2) is 4.39 Å². The first-order chi connectivity index (χ1) is 5.52. The molecule has 0 bridgehead atoms. The van der Waals surface area contributed by atoms with Crippen molar-refractivity contribution in [2.45, 2.75) is 6.92 Å². The minimum atomic E-state index is -0.171. The molecule has 2 heteroatoms. The fourth-order valence-corrected chi connectivity index (χ4v) is 0.533. The smallest absolute Gasteiger partial charge is 0.123 e. The Balaban J connectivity index is 0.000000261. The minimum Gasteiger partial charge on any atom is -0.312 e. The van der Waals surface area contributed by atoms with Crippen molar-refractivity contribution in [2.75, 3.05) is 21.1 Å². The van der Waals surface area contributed by atoms with Crippen LogP contribution < -0.4 is 0 Å². The molecule has 0 atom stereocenters. The molecule has 12 heavy (non-hydrogen) atoms. The van der Waals surface area contributed by atoms with Crippen LogP contribution in [0.4, 0.5) is 4.39 Å². The first kappa shape index (κ1) is 11.1. The van der Waals surface area contributed by atoms with Gasteiger partial charge in [-0.15, -0.1) is 0 Å². The molecule has 0 aliphatic heterocycles. The maximum absolute atomic E-state index is 12.1. The molecule has 0 saturated carbocycles. The molecule has 68 valence electrons. The Morgan fingerprint density at radius 2 is 1.33 bits per heavy atom. The molecule has 0 heterocycles.